The molecule has 2 aromatic carbocycles. The number of nitrogens with zero attached hydrogens (tertiary/aromatic N) is 3. The second kappa shape index (κ2) is 6.00. The van der Waals surface area contributed by atoms with Crippen LogP contribution in [-0.2, 0) is 6.42 Å². The van der Waals surface area contributed by atoms with Gasteiger partial charge in [0.2, 0.25) is 0 Å². The Morgan fingerprint density at radius 2 is 1.71 bits per heavy atom. The molecule has 24 heavy (non-hydrogen) atoms. The summed E-state index contributed by atoms with van der Waals surface area (Å²) < 4.78 is 4.27. The molecule has 0 aliphatic rings. The van der Waals surface area contributed by atoms with Gasteiger partial charge in [-0.3, -0.25) is 4.57 Å². The predicted octanol–water partition coefficient (Wildman–Crippen LogP) is 5.01. The van der Waals surface area contributed by atoms with Crippen molar-refractivity contribution in [2.24, 2.45) is 5.92 Å². The van der Waals surface area contributed by atoms with Crippen LogP contribution in [0.2, 0.25) is 0 Å². The molecule has 0 N–H and O–H groups in total. The third-order valence-electron chi connectivity index (χ3n) is 4.27. The average Bonchev–Trinajstić information content (AvgIpc) is 3.24. The van der Waals surface area contributed by atoms with Crippen LogP contribution in [0, 0.1) is 5.92 Å². The van der Waals surface area contributed by atoms with Crippen LogP contribution in [0.3, 0.4) is 0 Å². The van der Waals surface area contributed by atoms with Crippen molar-refractivity contribution in [1.82, 2.24) is 14.1 Å². The maximum Gasteiger partial charge on any atom is 0.100 e. The molecule has 0 spiro atoms. The zero-order valence-corrected chi connectivity index (χ0v) is 14.1. The third kappa shape index (κ3) is 2.73. The van der Waals surface area contributed by atoms with E-state index in [0.29, 0.717) is 5.92 Å². The van der Waals surface area contributed by atoms with Crippen molar-refractivity contribution in [3.63, 3.8) is 0 Å². The van der Waals surface area contributed by atoms with Gasteiger partial charge in [0, 0.05) is 23.8 Å². The van der Waals surface area contributed by atoms with Gasteiger partial charge in [-0.05, 0) is 60.4 Å². The van der Waals surface area contributed by atoms with E-state index in [0.717, 1.165) is 28.8 Å². The molecule has 0 saturated heterocycles. The van der Waals surface area contributed by atoms with E-state index in [4.69, 9.17) is 0 Å². The fraction of sp³-hybridized carbons (Fsp3) is 0.190. The van der Waals surface area contributed by atoms with Gasteiger partial charge >= 0.3 is 0 Å². The normalized spacial score (nSPS) is 11.5. The topological polar surface area (TPSA) is 22.8 Å². The molecule has 0 bridgehead atoms. The summed E-state index contributed by atoms with van der Waals surface area (Å²) in [6.45, 7) is 4.49. The van der Waals surface area contributed by atoms with E-state index >= 15 is 0 Å². The Bertz CT molecular complexity index is 962. The van der Waals surface area contributed by atoms with Gasteiger partial charge in [-0.15, -0.1) is 0 Å². The first-order valence-corrected chi connectivity index (χ1v) is 8.40. The van der Waals surface area contributed by atoms with E-state index in [1.165, 1.54) is 5.56 Å². The monoisotopic (exact) mass is 315 g/mol. The van der Waals surface area contributed by atoms with Crippen LogP contribution >= 0.6 is 0 Å². The van der Waals surface area contributed by atoms with Crippen LogP contribution < -0.4 is 0 Å². The number of benzene rings is 2. The SMILES string of the molecule is CC(C)Cc1ccc2c(c1)ncn2-c1cccc(-n2cccc2)c1. The van der Waals surface area contributed by atoms with Gasteiger partial charge in [0.25, 0.3) is 0 Å². The number of hydrogen-bond donors (Lipinski definition) is 0. The molecule has 4 aromatic rings. The van der Waals surface area contributed by atoms with Gasteiger partial charge in [-0.25, -0.2) is 4.98 Å². The molecule has 4 rings (SSSR count). The number of imidazole rings is 1. The van der Waals surface area contributed by atoms with E-state index < -0.39 is 0 Å². The summed E-state index contributed by atoms with van der Waals surface area (Å²) in [5, 5.41) is 0. The van der Waals surface area contributed by atoms with Crippen molar-refractivity contribution in [3.05, 3.63) is 78.9 Å². The molecule has 0 aliphatic carbocycles. The zero-order valence-electron chi connectivity index (χ0n) is 14.1. The van der Waals surface area contributed by atoms with Crippen LogP contribution in [0.5, 0.6) is 0 Å². The van der Waals surface area contributed by atoms with Crippen LogP contribution in [0.25, 0.3) is 22.4 Å². The summed E-state index contributed by atoms with van der Waals surface area (Å²) in [6, 6.07) is 19.2. The van der Waals surface area contributed by atoms with Crippen LogP contribution in [0.15, 0.2) is 73.3 Å². The number of hydrogen-bond acceptors (Lipinski definition) is 1. The van der Waals surface area contributed by atoms with Gasteiger partial charge in [-0.2, -0.15) is 0 Å². The minimum atomic E-state index is 0.655. The number of fused-ring (bicyclic) bond motifs is 1. The van der Waals surface area contributed by atoms with E-state index in [1.54, 1.807) is 0 Å². The maximum absolute atomic E-state index is 4.61. The molecule has 0 saturated carbocycles. The van der Waals surface area contributed by atoms with Crippen LogP contribution in [0.1, 0.15) is 19.4 Å². The quantitative estimate of drug-likeness (QED) is 0.519. The van der Waals surface area contributed by atoms with Gasteiger partial charge in [0.1, 0.15) is 6.33 Å². The summed E-state index contributed by atoms with van der Waals surface area (Å²) in [4.78, 5) is 4.61. The summed E-state index contributed by atoms with van der Waals surface area (Å²) in [6.07, 6.45) is 7.12. The average molecular weight is 315 g/mol. The minimum absolute atomic E-state index is 0.655. The second-order valence-corrected chi connectivity index (χ2v) is 6.65. The molecule has 0 radical (unpaired) electrons. The van der Waals surface area contributed by atoms with Crippen molar-refractivity contribution >= 4 is 11.0 Å². The fourth-order valence-corrected chi connectivity index (χ4v) is 3.17. The molecule has 0 amide bonds. The zero-order chi connectivity index (χ0) is 16.5. The largest absolute Gasteiger partial charge is 0.324 e. The van der Waals surface area contributed by atoms with Gasteiger partial charge in [0.05, 0.1) is 11.0 Å². The summed E-state index contributed by atoms with van der Waals surface area (Å²) in [5.41, 5.74) is 5.83. The molecule has 0 aliphatic heterocycles. The van der Waals surface area contributed by atoms with E-state index in [1.807, 2.05) is 18.5 Å². The molecule has 0 unspecified atom stereocenters. The standard InChI is InChI=1S/C21H21N3/c1-16(2)12-17-8-9-21-20(13-17)22-15-24(21)19-7-5-6-18(14-19)23-10-3-4-11-23/h3-11,13-16H,12H2,1-2H3. The van der Waals surface area contributed by atoms with Crippen LogP contribution in [-0.4, -0.2) is 14.1 Å². The third-order valence-corrected chi connectivity index (χ3v) is 4.27. The highest BCUT2D eigenvalue weighted by atomic mass is 15.1. The summed E-state index contributed by atoms with van der Waals surface area (Å²) >= 11 is 0. The first-order chi connectivity index (χ1) is 11.7. The van der Waals surface area contributed by atoms with Crippen molar-refractivity contribution in [1.29, 1.82) is 0 Å². The second-order valence-electron chi connectivity index (χ2n) is 6.65. The first kappa shape index (κ1) is 14.8. The van der Waals surface area contributed by atoms with Crippen molar-refractivity contribution in [2.45, 2.75) is 20.3 Å². The van der Waals surface area contributed by atoms with Gasteiger partial charge in [0.15, 0.2) is 0 Å². The smallest absolute Gasteiger partial charge is 0.100 e. The summed E-state index contributed by atoms with van der Waals surface area (Å²) in [5.74, 6) is 0.655. The molecule has 0 atom stereocenters. The minimum Gasteiger partial charge on any atom is -0.324 e. The molecule has 120 valence electrons. The Hall–Kier alpha value is -2.81. The first-order valence-electron chi connectivity index (χ1n) is 8.40. The van der Waals surface area contributed by atoms with Crippen molar-refractivity contribution in [2.75, 3.05) is 0 Å². The highest BCUT2D eigenvalue weighted by Gasteiger charge is 2.07. The molecule has 0 fully saturated rings. The lowest BCUT2D eigenvalue weighted by Crippen LogP contribution is -1.96. The van der Waals surface area contributed by atoms with Crippen LogP contribution in [0.4, 0.5) is 0 Å². The van der Waals surface area contributed by atoms with Gasteiger partial charge in [-0.1, -0.05) is 26.0 Å². The van der Waals surface area contributed by atoms with E-state index in [9.17, 15) is 0 Å². The lowest BCUT2D eigenvalue weighted by atomic mass is 10.0. The number of aromatic nitrogens is 3. The Morgan fingerprint density at radius 1 is 0.917 bits per heavy atom. The van der Waals surface area contributed by atoms with Crippen molar-refractivity contribution in [3.8, 4) is 11.4 Å². The Morgan fingerprint density at radius 3 is 2.50 bits per heavy atom. The Labute approximate surface area is 142 Å². The highest BCUT2D eigenvalue weighted by Crippen LogP contribution is 2.22. The maximum atomic E-state index is 4.61. The predicted molar refractivity (Wildman–Crippen MR) is 98.9 cm³/mol. The highest BCUT2D eigenvalue weighted by molar-refractivity contribution is 5.78. The molecule has 3 nitrogen and oxygen atoms in total. The lowest BCUT2D eigenvalue weighted by molar-refractivity contribution is 0.648. The fourth-order valence-electron chi connectivity index (χ4n) is 3.17. The molecule has 2 heterocycles. The molecule has 2 aromatic heterocycles. The van der Waals surface area contributed by atoms with Crippen molar-refractivity contribution < 1.29 is 0 Å². The molecular weight excluding hydrogens is 294 g/mol. The number of rotatable bonds is 4. The lowest BCUT2D eigenvalue weighted by Gasteiger charge is -2.09. The summed E-state index contributed by atoms with van der Waals surface area (Å²) in [7, 11) is 0. The van der Waals surface area contributed by atoms with E-state index in [-0.39, 0.29) is 0 Å². The Balaban J connectivity index is 1.76. The Kier molecular flexibility index (Phi) is 3.69. The molecule has 3 heteroatoms. The van der Waals surface area contributed by atoms with Gasteiger partial charge < -0.3 is 4.57 Å². The van der Waals surface area contributed by atoms with E-state index in [2.05, 4.69) is 82.8 Å². The molecular formula is C21H21N3.